The van der Waals surface area contributed by atoms with Crippen molar-refractivity contribution in [2.75, 3.05) is 6.61 Å². The molecule has 0 saturated carbocycles. The molecule has 1 atom stereocenters. The molecule has 1 nitrogen and oxygen atoms in total. The lowest BCUT2D eigenvalue weighted by Gasteiger charge is -2.17. The van der Waals surface area contributed by atoms with Gasteiger partial charge in [-0.1, -0.05) is 36.4 Å². The van der Waals surface area contributed by atoms with Gasteiger partial charge < -0.3 is 5.11 Å². The number of halogens is 2. The first kappa shape index (κ1) is 15.2. The van der Waals surface area contributed by atoms with Crippen LogP contribution < -0.4 is 0 Å². The molecule has 0 spiro atoms. The molecule has 0 aliphatic rings. The molecule has 0 heterocycles. The molecule has 0 bridgehead atoms. The van der Waals surface area contributed by atoms with Crippen LogP contribution in [0.25, 0.3) is 0 Å². The lowest BCUT2D eigenvalue weighted by Crippen LogP contribution is -2.14. The summed E-state index contributed by atoms with van der Waals surface area (Å²) >= 11 is 3.28. The van der Waals surface area contributed by atoms with Gasteiger partial charge in [0.15, 0.2) is 0 Å². The van der Waals surface area contributed by atoms with Gasteiger partial charge >= 0.3 is 0 Å². The van der Waals surface area contributed by atoms with E-state index in [4.69, 9.17) is 0 Å². The van der Waals surface area contributed by atoms with Crippen LogP contribution in [0.3, 0.4) is 0 Å². The zero-order chi connectivity index (χ0) is 14.5. The van der Waals surface area contributed by atoms with Crippen molar-refractivity contribution in [3.8, 4) is 0 Å². The molecule has 106 valence electrons. The van der Waals surface area contributed by atoms with E-state index in [2.05, 4.69) is 35.0 Å². The fourth-order valence-corrected chi connectivity index (χ4v) is 2.79. The summed E-state index contributed by atoms with van der Waals surface area (Å²) in [6.45, 7) is 2.17. The molecule has 20 heavy (non-hydrogen) atoms. The monoisotopic (exact) mass is 336 g/mol. The molecule has 1 unspecified atom stereocenters. The number of hydrogen-bond donors (Lipinski definition) is 1. The third-order valence-electron chi connectivity index (χ3n) is 3.57. The second-order valence-electron chi connectivity index (χ2n) is 5.10. The van der Waals surface area contributed by atoms with Crippen molar-refractivity contribution in [2.24, 2.45) is 5.92 Å². The van der Waals surface area contributed by atoms with E-state index in [1.807, 2.05) is 18.2 Å². The Morgan fingerprint density at radius 1 is 1.05 bits per heavy atom. The molecule has 0 radical (unpaired) electrons. The fourth-order valence-electron chi connectivity index (χ4n) is 2.37. The maximum Gasteiger partial charge on any atom is 0.137 e. The van der Waals surface area contributed by atoms with Crippen molar-refractivity contribution < 1.29 is 9.50 Å². The van der Waals surface area contributed by atoms with E-state index in [-0.39, 0.29) is 18.3 Å². The number of rotatable bonds is 5. The molecule has 2 rings (SSSR count). The number of hydrogen-bond acceptors (Lipinski definition) is 1. The Labute approximate surface area is 127 Å². The Bertz CT molecular complexity index is 583. The summed E-state index contributed by atoms with van der Waals surface area (Å²) in [6.07, 6.45) is 1.45. The minimum absolute atomic E-state index is 0.0919. The maximum absolute atomic E-state index is 13.5. The first-order valence-corrected chi connectivity index (χ1v) is 7.49. The van der Waals surface area contributed by atoms with Gasteiger partial charge in [-0.25, -0.2) is 4.39 Å². The van der Waals surface area contributed by atoms with Crippen molar-refractivity contribution in [3.05, 3.63) is 69.4 Å². The summed E-state index contributed by atoms with van der Waals surface area (Å²) in [7, 11) is 0. The standard InChI is InChI=1S/C17H18BrFO/c1-12-5-2-3-6-14(12)9-13(11-20)10-15-7-4-8-16(19)17(15)18/h2-8,13,20H,9-11H2,1H3. The summed E-state index contributed by atoms with van der Waals surface area (Å²) in [5.41, 5.74) is 3.36. The summed E-state index contributed by atoms with van der Waals surface area (Å²) in [4.78, 5) is 0. The van der Waals surface area contributed by atoms with Gasteiger partial charge in [-0.05, 0) is 64.4 Å². The summed E-state index contributed by atoms with van der Waals surface area (Å²) in [5, 5.41) is 9.59. The highest BCUT2D eigenvalue weighted by atomic mass is 79.9. The smallest absolute Gasteiger partial charge is 0.137 e. The molecule has 0 amide bonds. The number of aliphatic hydroxyl groups is 1. The summed E-state index contributed by atoms with van der Waals surface area (Å²) in [5.74, 6) is -0.163. The Hall–Kier alpha value is -1.19. The van der Waals surface area contributed by atoms with Crippen molar-refractivity contribution in [3.63, 3.8) is 0 Å². The van der Waals surface area contributed by atoms with Crippen LogP contribution in [0.1, 0.15) is 16.7 Å². The van der Waals surface area contributed by atoms with Gasteiger partial charge in [0.1, 0.15) is 5.82 Å². The fraction of sp³-hybridized carbons (Fsp3) is 0.294. The average Bonchev–Trinajstić information content (AvgIpc) is 2.45. The second kappa shape index (κ2) is 7.00. The molecule has 0 aliphatic carbocycles. The Morgan fingerprint density at radius 3 is 2.40 bits per heavy atom. The third-order valence-corrected chi connectivity index (χ3v) is 4.46. The Balaban J connectivity index is 2.14. The highest BCUT2D eigenvalue weighted by Crippen LogP contribution is 2.24. The predicted octanol–water partition coefficient (Wildman–Crippen LogP) is 4.29. The molecule has 1 N–H and O–H groups in total. The van der Waals surface area contributed by atoms with E-state index in [0.717, 1.165) is 12.0 Å². The molecule has 0 saturated heterocycles. The molecule has 2 aromatic carbocycles. The van der Waals surface area contributed by atoms with Gasteiger partial charge in [-0.3, -0.25) is 0 Å². The maximum atomic E-state index is 13.5. The lowest BCUT2D eigenvalue weighted by molar-refractivity contribution is 0.224. The largest absolute Gasteiger partial charge is 0.396 e. The molecule has 0 aliphatic heterocycles. The van der Waals surface area contributed by atoms with E-state index in [9.17, 15) is 9.50 Å². The third kappa shape index (κ3) is 3.68. The number of aryl methyl sites for hydroxylation is 1. The van der Waals surface area contributed by atoms with Gasteiger partial charge in [0, 0.05) is 6.61 Å². The zero-order valence-electron chi connectivity index (χ0n) is 11.4. The van der Waals surface area contributed by atoms with Crippen LogP contribution in [0.5, 0.6) is 0 Å². The van der Waals surface area contributed by atoms with Crippen molar-refractivity contribution in [1.29, 1.82) is 0 Å². The summed E-state index contributed by atoms with van der Waals surface area (Å²) < 4.78 is 14.0. The molecular formula is C17H18BrFO. The molecule has 2 aromatic rings. The quantitative estimate of drug-likeness (QED) is 0.863. The van der Waals surface area contributed by atoms with Crippen molar-refractivity contribution >= 4 is 15.9 Å². The lowest BCUT2D eigenvalue weighted by atomic mass is 9.91. The average molecular weight is 337 g/mol. The Morgan fingerprint density at radius 2 is 1.70 bits per heavy atom. The first-order chi connectivity index (χ1) is 9.61. The minimum atomic E-state index is -0.255. The number of benzene rings is 2. The SMILES string of the molecule is Cc1ccccc1CC(CO)Cc1cccc(F)c1Br. The van der Waals surface area contributed by atoms with Gasteiger partial charge in [0.05, 0.1) is 4.47 Å². The van der Waals surface area contributed by atoms with E-state index >= 15 is 0 Å². The first-order valence-electron chi connectivity index (χ1n) is 6.70. The van der Waals surface area contributed by atoms with Gasteiger partial charge in [0.2, 0.25) is 0 Å². The molecule has 0 fully saturated rings. The van der Waals surface area contributed by atoms with Gasteiger partial charge in [-0.2, -0.15) is 0 Å². The van der Waals surface area contributed by atoms with Crippen LogP contribution in [-0.4, -0.2) is 11.7 Å². The summed E-state index contributed by atoms with van der Waals surface area (Å²) in [6, 6.07) is 13.2. The highest BCUT2D eigenvalue weighted by molar-refractivity contribution is 9.10. The Kier molecular flexibility index (Phi) is 5.32. The van der Waals surface area contributed by atoms with Crippen LogP contribution in [0, 0.1) is 18.7 Å². The number of aliphatic hydroxyl groups excluding tert-OH is 1. The highest BCUT2D eigenvalue weighted by Gasteiger charge is 2.14. The van der Waals surface area contributed by atoms with E-state index in [1.54, 1.807) is 6.07 Å². The molecular weight excluding hydrogens is 319 g/mol. The van der Waals surface area contributed by atoms with Gasteiger partial charge in [-0.15, -0.1) is 0 Å². The van der Waals surface area contributed by atoms with E-state index in [1.165, 1.54) is 17.2 Å². The van der Waals surface area contributed by atoms with Crippen LogP contribution in [0.15, 0.2) is 46.9 Å². The van der Waals surface area contributed by atoms with Crippen LogP contribution in [0.4, 0.5) is 4.39 Å². The van der Waals surface area contributed by atoms with E-state index in [0.29, 0.717) is 10.9 Å². The second-order valence-corrected chi connectivity index (χ2v) is 5.89. The minimum Gasteiger partial charge on any atom is -0.396 e. The topological polar surface area (TPSA) is 20.2 Å². The van der Waals surface area contributed by atoms with Crippen LogP contribution in [0.2, 0.25) is 0 Å². The van der Waals surface area contributed by atoms with Crippen LogP contribution >= 0.6 is 15.9 Å². The molecule has 0 aromatic heterocycles. The van der Waals surface area contributed by atoms with Crippen LogP contribution in [-0.2, 0) is 12.8 Å². The van der Waals surface area contributed by atoms with Gasteiger partial charge in [0.25, 0.3) is 0 Å². The molecule has 3 heteroatoms. The van der Waals surface area contributed by atoms with Crippen molar-refractivity contribution in [2.45, 2.75) is 19.8 Å². The zero-order valence-corrected chi connectivity index (χ0v) is 13.0. The van der Waals surface area contributed by atoms with E-state index < -0.39 is 0 Å². The normalized spacial score (nSPS) is 12.4. The predicted molar refractivity (Wildman–Crippen MR) is 83.3 cm³/mol. The van der Waals surface area contributed by atoms with Crippen molar-refractivity contribution in [1.82, 2.24) is 0 Å².